The first-order chi connectivity index (χ1) is 18.6. The van der Waals surface area contributed by atoms with Gasteiger partial charge in [-0.25, -0.2) is 10.2 Å². The van der Waals surface area contributed by atoms with Crippen molar-refractivity contribution < 1.29 is 19.1 Å². The van der Waals surface area contributed by atoms with E-state index >= 15 is 0 Å². The highest BCUT2D eigenvalue weighted by Crippen LogP contribution is 2.32. The monoisotopic (exact) mass is 600 g/mol. The normalized spacial score (nSPS) is 13.9. The Morgan fingerprint density at radius 1 is 0.949 bits per heavy atom. The first kappa shape index (κ1) is 28.4. The van der Waals surface area contributed by atoms with Crippen LogP contribution in [-0.2, 0) is 9.59 Å². The number of anilines is 2. The van der Waals surface area contributed by atoms with Crippen LogP contribution in [0.3, 0.4) is 0 Å². The number of carbonyl (C=O) groups is 3. The summed E-state index contributed by atoms with van der Waals surface area (Å²) >= 11 is 18.2. The average molecular weight is 602 g/mol. The number of nitrogens with one attached hydrogen (secondary N) is 3. The van der Waals surface area contributed by atoms with Gasteiger partial charge in [-0.15, -0.1) is 0 Å². The Morgan fingerprint density at radius 2 is 1.64 bits per heavy atom. The van der Waals surface area contributed by atoms with Gasteiger partial charge in [-0.3, -0.25) is 9.59 Å². The second-order valence-electron chi connectivity index (χ2n) is 8.42. The van der Waals surface area contributed by atoms with Crippen molar-refractivity contribution in [1.29, 1.82) is 0 Å². The fourth-order valence-electron chi connectivity index (χ4n) is 3.38. The Labute approximate surface area is 244 Å². The molecule has 8 nitrogen and oxygen atoms in total. The Bertz CT molecular complexity index is 1500. The molecule has 0 aromatic heterocycles. The van der Waals surface area contributed by atoms with E-state index in [1.807, 2.05) is 32.0 Å². The van der Waals surface area contributed by atoms with E-state index in [-0.39, 0.29) is 21.9 Å². The molecule has 0 unspecified atom stereocenters. The van der Waals surface area contributed by atoms with Gasteiger partial charge in [0.1, 0.15) is 5.75 Å². The summed E-state index contributed by atoms with van der Waals surface area (Å²) in [5.41, 5.74) is 6.48. The molecule has 0 saturated carbocycles. The van der Waals surface area contributed by atoms with Crippen LogP contribution in [-0.4, -0.2) is 33.8 Å². The van der Waals surface area contributed by atoms with E-state index in [9.17, 15) is 14.4 Å². The van der Waals surface area contributed by atoms with Crippen LogP contribution in [0, 0.1) is 13.8 Å². The van der Waals surface area contributed by atoms with E-state index in [0.717, 1.165) is 27.9 Å². The van der Waals surface area contributed by atoms with Crippen LogP contribution in [0.2, 0.25) is 10.0 Å². The van der Waals surface area contributed by atoms with Crippen LogP contribution in [0.1, 0.15) is 16.7 Å². The first-order valence-corrected chi connectivity index (χ1v) is 13.5. The summed E-state index contributed by atoms with van der Waals surface area (Å²) in [4.78, 5) is 37.8. The van der Waals surface area contributed by atoms with Crippen LogP contribution >= 0.6 is 47.2 Å². The summed E-state index contributed by atoms with van der Waals surface area (Å²) in [5.74, 6) is -0.255. The van der Waals surface area contributed by atoms with Crippen molar-refractivity contribution in [3.63, 3.8) is 0 Å². The van der Waals surface area contributed by atoms with Crippen molar-refractivity contribution in [2.75, 3.05) is 17.2 Å². The smallest absolute Gasteiger partial charge is 0.338 e. The molecule has 3 aromatic carbocycles. The molecule has 200 valence electrons. The van der Waals surface area contributed by atoms with Gasteiger partial charge < -0.3 is 15.4 Å². The minimum absolute atomic E-state index is 0.152. The Balaban J connectivity index is 1.31. The lowest BCUT2D eigenvalue weighted by molar-refractivity contribution is -0.123. The molecule has 1 heterocycles. The number of benzene rings is 3. The Morgan fingerprint density at radius 3 is 2.33 bits per heavy atom. The molecule has 39 heavy (non-hydrogen) atoms. The number of thioether (sulfide) groups is 1. The van der Waals surface area contributed by atoms with Crippen LogP contribution in [0.4, 0.5) is 16.2 Å². The number of aryl methyl sites for hydroxylation is 2. The molecule has 0 aliphatic carbocycles. The van der Waals surface area contributed by atoms with Crippen molar-refractivity contribution in [3.8, 4) is 5.75 Å². The highest BCUT2D eigenvalue weighted by molar-refractivity contribution is 8.26. The van der Waals surface area contributed by atoms with Gasteiger partial charge >= 0.3 is 6.03 Å². The molecule has 1 aliphatic heterocycles. The van der Waals surface area contributed by atoms with E-state index in [1.54, 1.807) is 42.5 Å². The number of hydrogen-bond donors (Lipinski definition) is 3. The minimum Gasteiger partial charge on any atom is -0.484 e. The number of carbonyl (C=O) groups excluding carboxylic acids is 3. The standard InChI is InChI=1S/C27H22Cl2N4O4S2/c1-15-3-6-18(11-16(15)2)30-24(34)14-37-20-8-4-17(5-9-20)12-23-25(35)33(27(38)39-23)32-26(36)31-19-7-10-21(28)22(29)13-19/h3-13H,14H2,1-2H3,(H,30,34)(H2,31,32,36)/b23-12-. The molecule has 0 bridgehead atoms. The van der Waals surface area contributed by atoms with Gasteiger partial charge in [0.2, 0.25) is 0 Å². The molecule has 1 aliphatic rings. The molecule has 3 aromatic rings. The predicted molar refractivity (Wildman–Crippen MR) is 160 cm³/mol. The lowest BCUT2D eigenvalue weighted by Gasteiger charge is -2.16. The Hall–Kier alpha value is -3.57. The number of ether oxygens (including phenoxy) is 1. The van der Waals surface area contributed by atoms with Gasteiger partial charge in [0.25, 0.3) is 11.8 Å². The molecule has 0 atom stereocenters. The fourth-order valence-corrected chi connectivity index (χ4v) is 4.85. The number of hydrogen-bond acceptors (Lipinski definition) is 6. The predicted octanol–water partition coefficient (Wildman–Crippen LogP) is 6.57. The number of hydrazine groups is 1. The summed E-state index contributed by atoms with van der Waals surface area (Å²) in [6, 6.07) is 16.5. The molecular weight excluding hydrogens is 579 g/mol. The average Bonchev–Trinajstić information content (AvgIpc) is 3.15. The second kappa shape index (κ2) is 12.5. The SMILES string of the molecule is Cc1ccc(NC(=O)COc2ccc(/C=C3\SC(=S)N(NC(=O)Nc4ccc(Cl)c(Cl)c4)C3=O)cc2)cc1C. The number of amides is 4. The molecule has 3 N–H and O–H groups in total. The Kier molecular flexibility index (Phi) is 9.13. The zero-order chi connectivity index (χ0) is 28.1. The van der Waals surface area contributed by atoms with E-state index in [0.29, 0.717) is 32.6 Å². The number of urea groups is 1. The van der Waals surface area contributed by atoms with E-state index in [2.05, 4.69) is 16.1 Å². The molecule has 4 amide bonds. The largest absolute Gasteiger partial charge is 0.484 e. The highest BCUT2D eigenvalue weighted by Gasteiger charge is 2.33. The zero-order valence-electron chi connectivity index (χ0n) is 20.7. The summed E-state index contributed by atoms with van der Waals surface area (Å²) in [5, 5.41) is 7.00. The number of halogens is 2. The third-order valence-corrected chi connectivity index (χ3v) is 7.56. The quantitative estimate of drug-likeness (QED) is 0.210. The van der Waals surface area contributed by atoms with Gasteiger partial charge in [0.15, 0.2) is 10.9 Å². The van der Waals surface area contributed by atoms with E-state index < -0.39 is 11.9 Å². The summed E-state index contributed by atoms with van der Waals surface area (Å²) < 4.78 is 5.75. The van der Waals surface area contributed by atoms with Gasteiger partial charge in [0, 0.05) is 11.4 Å². The molecule has 1 saturated heterocycles. The maximum absolute atomic E-state index is 12.8. The molecule has 4 rings (SSSR count). The lowest BCUT2D eigenvalue weighted by atomic mass is 10.1. The van der Waals surface area contributed by atoms with Crippen molar-refractivity contribution >= 4 is 86.8 Å². The molecular formula is C27H22Cl2N4O4S2. The number of thiocarbonyl (C=S) groups is 1. The third-order valence-electron chi connectivity index (χ3n) is 5.52. The van der Waals surface area contributed by atoms with Crippen LogP contribution in [0.25, 0.3) is 6.08 Å². The van der Waals surface area contributed by atoms with Crippen LogP contribution in [0.15, 0.2) is 65.6 Å². The summed E-state index contributed by atoms with van der Waals surface area (Å²) in [6.45, 7) is 3.83. The van der Waals surface area contributed by atoms with E-state index in [1.165, 1.54) is 6.07 Å². The van der Waals surface area contributed by atoms with Crippen molar-refractivity contribution in [2.45, 2.75) is 13.8 Å². The molecule has 0 radical (unpaired) electrons. The van der Waals surface area contributed by atoms with Crippen molar-refractivity contribution in [2.24, 2.45) is 0 Å². The minimum atomic E-state index is -0.672. The number of rotatable bonds is 7. The first-order valence-electron chi connectivity index (χ1n) is 11.5. The van der Waals surface area contributed by atoms with Gasteiger partial charge in [-0.05, 0) is 91.3 Å². The van der Waals surface area contributed by atoms with E-state index in [4.69, 9.17) is 40.2 Å². The molecule has 0 spiro atoms. The summed E-state index contributed by atoms with van der Waals surface area (Å²) in [7, 11) is 0. The van der Waals surface area contributed by atoms with Crippen LogP contribution in [0.5, 0.6) is 5.75 Å². The van der Waals surface area contributed by atoms with Gasteiger partial charge in [0.05, 0.1) is 15.0 Å². The van der Waals surface area contributed by atoms with Crippen molar-refractivity contribution in [1.82, 2.24) is 10.4 Å². The van der Waals surface area contributed by atoms with Crippen molar-refractivity contribution in [3.05, 3.63) is 92.3 Å². The van der Waals surface area contributed by atoms with Gasteiger partial charge in [-0.2, -0.15) is 5.01 Å². The maximum atomic E-state index is 12.8. The zero-order valence-corrected chi connectivity index (χ0v) is 23.9. The topological polar surface area (TPSA) is 99.8 Å². The second-order valence-corrected chi connectivity index (χ2v) is 10.9. The molecule has 1 fully saturated rings. The lowest BCUT2D eigenvalue weighted by Crippen LogP contribution is -2.46. The van der Waals surface area contributed by atoms with Crippen LogP contribution < -0.4 is 20.8 Å². The number of nitrogens with zero attached hydrogens (tertiary/aromatic N) is 1. The fraction of sp³-hybridized carbons (Fsp3) is 0.111. The summed E-state index contributed by atoms with van der Waals surface area (Å²) in [6.07, 6.45) is 1.65. The third kappa shape index (κ3) is 7.51. The highest BCUT2D eigenvalue weighted by atomic mass is 35.5. The maximum Gasteiger partial charge on any atom is 0.338 e. The molecule has 12 heteroatoms. The van der Waals surface area contributed by atoms with Gasteiger partial charge in [-0.1, -0.05) is 53.2 Å².